The molecule has 1 atom stereocenters. The molecule has 3 aromatic rings. The van der Waals surface area contributed by atoms with Crippen molar-refractivity contribution in [1.82, 2.24) is 9.88 Å². The number of hydrogen-bond donors (Lipinski definition) is 0. The number of aromatic nitrogens is 1. The van der Waals surface area contributed by atoms with Gasteiger partial charge in [0.1, 0.15) is 0 Å². The van der Waals surface area contributed by atoms with Gasteiger partial charge in [0.2, 0.25) is 0 Å². The van der Waals surface area contributed by atoms with Gasteiger partial charge < -0.3 is 0 Å². The molecule has 0 spiro atoms. The molecule has 29 heavy (non-hydrogen) atoms. The number of rotatable bonds is 4. The second-order valence-electron chi connectivity index (χ2n) is 7.32. The van der Waals surface area contributed by atoms with Gasteiger partial charge in [0.15, 0.2) is 0 Å². The van der Waals surface area contributed by atoms with Crippen LogP contribution in [-0.2, 0) is 12.7 Å². The number of alkyl halides is 3. The van der Waals surface area contributed by atoms with Gasteiger partial charge in [-0.25, -0.2) is 0 Å². The van der Waals surface area contributed by atoms with E-state index in [1.54, 1.807) is 30.1 Å². The standard InChI is InChI=1S/C22H20ClF3N2S/c23-20-10-17-12-27-8-7-16(17)11-21(20)29-19-2-1-9-28(14-19)13-15-3-5-18(6-4-15)22(24,25)26/h3-8,10-12,19H,1-2,9,13-14H2. The molecule has 1 aliphatic rings. The minimum atomic E-state index is -4.29. The summed E-state index contributed by atoms with van der Waals surface area (Å²) in [5, 5.41) is 3.27. The highest BCUT2D eigenvalue weighted by Gasteiger charge is 2.30. The molecule has 1 saturated heterocycles. The van der Waals surface area contributed by atoms with Gasteiger partial charge in [0.05, 0.1) is 10.6 Å². The van der Waals surface area contributed by atoms with Crippen molar-refractivity contribution in [1.29, 1.82) is 0 Å². The molecule has 0 bridgehead atoms. The van der Waals surface area contributed by atoms with Gasteiger partial charge in [-0.15, -0.1) is 11.8 Å². The molecule has 1 aliphatic heterocycles. The maximum absolute atomic E-state index is 12.7. The lowest BCUT2D eigenvalue weighted by atomic mass is 10.1. The van der Waals surface area contributed by atoms with Gasteiger partial charge in [-0.05, 0) is 60.7 Å². The second-order valence-corrected chi connectivity index (χ2v) is 9.07. The van der Waals surface area contributed by atoms with Crippen LogP contribution in [0.25, 0.3) is 10.8 Å². The zero-order valence-electron chi connectivity index (χ0n) is 15.6. The minimum Gasteiger partial charge on any atom is -0.298 e. The van der Waals surface area contributed by atoms with Crippen LogP contribution in [0.2, 0.25) is 5.02 Å². The van der Waals surface area contributed by atoms with E-state index in [1.165, 1.54) is 0 Å². The Morgan fingerprint density at radius 3 is 2.66 bits per heavy atom. The molecular weight excluding hydrogens is 417 g/mol. The summed E-state index contributed by atoms with van der Waals surface area (Å²) in [5.41, 5.74) is 0.300. The molecule has 0 saturated carbocycles. The third-order valence-corrected chi connectivity index (χ3v) is 6.87. The summed E-state index contributed by atoms with van der Waals surface area (Å²) in [7, 11) is 0. The number of halogens is 4. The Hall–Kier alpha value is -1.76. The first-order chi connectivity index (χ1) is 13.9. The lowest BCUT2D eigenvalue weighted by Gasteiger charge is -2.32. The average molecular weight is 437 g/mol. The minimum absolute atomic E-state index is 0.398. The van der Waals surface area contributed by atoms with E-state index >= 15 is 0 Å². The number of nitrogens with zero attached hydrogens (tertiary/aromatic N) is 2. The fourth-order valence-electron chi connectivity index (χ4n) is 3.67. The zero-order valence-corrected chi connectivity index (χ0v) is 17.2. The molecule has 0 aliphatic carbocycles. The molecule has 2 nitrogen and oxygen atoms in total. The molecule has 7 heteroatoms. The first-order valence-corrected chi connectivity index (χ1v) is 10.7. The predicted octanol–water partition coefficient (Wildman–Crippen LogP) is 6.66. The number of pyridine rings is 1. The van der Waals surface area contributed by atoms with E-state index in [9.17, 15) is 13.2 Å². The largest absolute Gasteiger partial charge is 0.416 e. The fourth-order valence-corrected chi connectivity index (χ4v) is 5.27. The van der Waals surface area contributed by atoms with E-state index in [4.69, 9.17) is 11.6 Å². The summed E-state index contributed by atoms with van der Waals surface area (Å²) < 4.78 is 38.2. The smallest absolute Gasteiger partial charge is 0.298 e. The van der Waals surface area contributed by atoms with E-state index < -0.39 is 11.7 Å². The molecule has 1 aromatic heterocycles. The van der Waals surface area contributed by atoms with Crippen molar-refractivity contribution < 1.29 is 13.2 Å². The van der Waals surface area contributed by atoms with Crippen LogP contribution in [0.4, 0.5) is 13.2 Å². The van der Waals surface area contributed by atoms with Crippen molar-refractivity contribution >= 4 is 34.1 Å². The number of likely N-dealkylation sites (tertiary alicyclic amines) is 1. The Balaban J connectivity index is 1.41. The first-order valence-electron chi connectivity index (χ1n) is 9.47. The number of fused-ring (bicyclic) bond motifs is 1. The van der Waals surface area contributed by atoms with Crippen LogP contribution in [0.1, 0.15) is 24.0 Å². The average Bonchev–Trinajstić information content (AvgIpc) is 2.69. The first kappa shape index (κ1) is 20.5. The van der Waals surface area contributed by atoms with Gasteiger partial charge >= 0.3 is 6.18 Å². The molecule has 0 radical (unpaired) electrons. The number of benzene rings is 2. The molecular formula is C22H20ClF3N2S. The van der Waals surface area contributed by atoms with Crippen LogP contribution in [0.15, 0.2) is 59.8 Å². The third-order valence-electron chi connectivity index (χ3n) is 5.13. The Bertz CT molecular complexity index is 992. The van der Waals surface area contributed by atoms with Crippen LogP contribution >= 0.6 is 23.4 Å². The van der Waals surface area contributed by atoms with Crippen LogP contribution < -0.4 is 0 Å². The van der Waals surface area contributed by atoms with Crippen molar-refractivity contribution in [2.24, 2.45) is 0 Å². The van der Waals surface area contributed by atoms with Gasteiger partial charge in [0.25, 0.3) is 0 Å². The topological polar surface area (TPSA) is 16.1 Å². The SMILES string of the molecule is FC(F)(F)c1ccc(CN2CCCC(Sc3cc4ccncc4cc3Cl)C2)cc1. The van der Waals surface area contributed by atoms with Crippen molar-refractivity contribution in [3.05, 3.63) is 71.0 Å². The van der Waals surface area contributed by atoms with Crippen LogP contribution in [0.5, 0.6) is 0 Å². The second kappa shape index (κ2) is 8.54. The monoisotopic (exact) mass is 436 g/mol. The molecule has 4 rings (SSSR count). The van der Waals surface area contributed by atoms with E-state index in [2.05, 4.69) is 16.0 Å². The van der Waals surface area contributed by atoms with Gasteiger partial charge in [0, 0.05) is 41.0 Å². The number of thioether (sulfide) groups is 1. The number of piperidine rings is 1. The molecule has 1 unspecified atom stereocenters. The highest BCUT2D eigenvalue weighted by molar-refractivity contribution is 8.00. The van der Waals surface area contributed by atoms with Crippen molar-refractivity contribution in [3.63, 3.8) is 0 Å². The lowest BCUT2D eigenvalue weighted by Crippen LogP contribution is -2.36. The summed E-state index contributed by atoms with van der Waals surface area (Å²) in [6.45, 7) is 2.50. The van der Waals surface area contributed by atoms with E-state index in [-0.39, 0.29) is 0 Å². The van der Waals surface area contributed by atoms with Gasteiger partial charge in [-0.2, -0.15) is 13.2 Å². The zero-order chi connectivity index (χ0) is 20.4. The van der Waals surface area contributed by atoms with E-state index in [0.717, 1.165) is 64.3 Å². The van der Waals surface area contributed by atoms with Crippen LogP contribution in [0, 0.1) is 0 Å². The fraction of sp³-hybridized carbons (Fsp3) is 0.318. The van der Waals surface area contributed by atoms with Gasteiger partial charge in [-0.3, -0.25) is 9.88 Å². The summed E-state index contributed by atoms with van der Waals surface area (Å²) >= 11 is 8.27. The Labute approximate surface area is 177 Å². The summed E-state index contributed by atoms with van der Waals surface area (Å²) in [5.74, 6) is 0. The number of hydrogen-bond acceptors (Lipinski definition) is 3. The summed E-state index contributed by atoms with van der Waals surface area (Å²) in [6.07, 6.45) is 1.45. The predicted molar refractivity (Wildman–Crippen MR) is 112 cm³/mol. The van der Waals surface area contributed by atoms with Crippen LogP contribution in [-0.4, -0.2) is 28.2 Å². The maximum Gasteiger partial charge on any atom is 0.416 e. The van der Waals surface area contributed by atoms with Crippen molar-refractivity contribution in [3.8, 4) is 0 Å². The summed E-state index contributed by atoms with van der Waals surface area (Å²) in [6, 6.07) is 11.5. The van der Waals surface area contributed by atoms with Crippen molar-refractivity contribution in [2.45, 2.75) is 35.7 Å². The Morgan fingerprint density at radius 2 is 1.90 bits per heavy atom. The molecule has 2 heterocycles. The Morgan fingerprint density at radius 1 is 1.10 bits per heavy atom. The van der Waals surface area contributed by atoms with Crippen molar-refractivity contribution in [2.75, 3.05) is 13.1 Å². The quantitative estimate of drug-likeness (QED) is 0.454. The van der Waals surface area contributed by atoms with Crippen LogP contribution in [0.3, 0.4) is 0 Å². The highest BCUT2D eigenvalue weighted by atomic mass is 35.5. The summed E-state index contributed by atoms with van der Waals surface area (Å²) in [4.78, 5) is 7.50. The molecule has 152 valence electrons. The molecule has 2 aromatic carbocycles. The maximum atomic E-state index is 12.7. The normalized spacial score (nSPS) is 18.3. The van der Waals surface area contributed by atoms with Gasteiger partial charge in [-0.1, -0.05) is 23.7 Å². The molecule has 0 N–H and O–H groups in total. The molecule has 0 amide bonds. The van der Waals surface area contributed by atoms with E-state index in [0.29, 0.717) is 11.8 Å². The third kappa shape index (κ3) is 5.05. The molecule has 1 fully saturated rings. The highest BCUT2D eigenvalue weighted by Crippen LogP contribution is 2.37. The lowest BCUT2D eigenvalue weighted by molar-refractivity contribution is -0.137. The Kier molecular flexibility index (Phi) is 6.04. The van der Waals surface area contributed by atoms with E-state index in [1.807, 2.05) is 18.3 Å².